The van der Waals surface area contributed by atoms with Gasteiger partial charge >= 0.3 is 11.9 Å². The number of esters is 1. The van der Waals surface area contributed by atoms with Crippen LogP contribution < -0.4 is 10.5 Å². The molecule has 0 aliphatic carbocycles. The van der Waals surface area contributed by atoms with E-state index in [2.05, 4.69) is 0 Å². The smallest absolute Gasteiger partial charge is 0.337 e. The van der Waals surface area contributed by atoms with Gasteiger partial charge in [0.05, 0.1) is 5.56 Å². The van der Waals surface area contributed by atoms with E-state index >= 15 is 0 Å². The highest BCUT2D eigenvalue weighted by molar-refractivity contribution is 5.94. The van der Waals surface area contributed by atoms with E-state index in [9.17, 15) is 9.59 Å². The van der Waals surface area contributed by atoms with E-state index in [0.29, 0.717) is 0 Å². The molecule has 74 valence electrons. The summed E-state index contributed by atoms with van der Waals surface area (Å²) in [7, 11) is 0. The number of ether oxygens (including phenoxy) is 1. The van der Waals surface area contributed by atoms with Gasteiger partial charge in [0.1, 0.15) is 5.75 Å². The summed E-state index contributed by atoms with van der Waals surface area (Å²) in [6.45, 7) is 1.25. The minimum atomic E-state index is -1.11. The van der Waals surface area contributed by atoms with E-state index in [-0.39, 0.29) is 17.0 Å². The van der Waals surface area contributed by atoms with Gasteiger partial charge in [0.2, 0.25) is 0 Å². The number of carbonyl (C=O) groups excluding carboxylic acids is 1. The van der Waals surface area contributed by atoms with Crippen molar-refractivity contribution >= 4 is 17.6 Å². The first-order valence-electron chi connectivity index (χ1n) is 3.82. The average molecular weight is 195 g/mol. The number of anilines is 1. The first-order valence-corrected chi connectivity index (χ1v) is 3.82. The van der Waals surface area contributed by atoms with E-state index < -0.39 is 11.9 Å². The van der Waals surface area contributed by atoms with Crippen LogP contribution in [-0.2, 0) is 4.79 Å². The van der Waals surface area contributed by atoms with Crippen LogP contribution >= 0.6 is 0 Å². The molecule has 0 amide bonds. The minimum Gasteiger partial charge on any atom is -0.478 e. The molecule has 0 aliphatic heterocycles. The monoisotopic (exact) mass is 195 g/mol. The van der Waals surface area contributed by atoms with E-state index in [1.54, 1.807) is 0 Å². The molecule has 0 saturated heterocycles. The largest absolute Gasteiger partial charge is 0.478 e. The van der Waals surface area contributed by atoms with E-state index in [1.165, 1.54) is 25.1 Å². The van der Waals surface area contributed by atoms with Crippen LogP contribution in [0.15, 0.2) is 18.2 Å². The first kappa shape index (κ1) is 10.0. The molecule has 1 aromatic rings. The Morgan fingerprint density at radius 1 is 1.43 bits per heavy atom. The summed E-state index contributed by atoms with van der Waals surface area (Å²) in [5, 5.41) is 8.65. The Morgan fingerprint density at radius 3 is 2.50 bits per heavy atom. The molecule has 3 N–H and O–H groups in total. The maximum absolute atomic E-state index is 10.6. The lowest BCUT2D eigenvalue weighted by molar-refractivity contribution is -0.131. The quantitative estimate of drug-likeness (QED) is 0.415. The highest BCUT2D eigenvalue weighted by Crippen LogP contribution is 2.19. The molecule has 0 unspecified atom stereocenters. The highest BCUT2D eigenvalue weighted by Gasteiger charge is 2.08. The predicted octanol–water partition coefficient (Wildman–Crippen LogP) is 0.892. The molecule has 0 radical (unpaired) electrons. The van der Waals surface area contributed by atoms with Crippen molar-refractivity contribution in [1.29, 1.82) is 0 Å². The molecule has 0 spiro atoms. The first-order chi connectivity index (χ1) is 6.50. The van der Waals surface area contributed by atoms with Crippen LogP contribution in [0.5, 0.6) is 5.75 Å². The van der Waals surface area contributed by atoms with Gasteiger partial charge in [-0.1, -0.05) is 0 Å². The Kier molecular flexibility index (Phi) is 2.71. The van der Waals surface area contributed by atoms with Crippen molar-refractivity contribution in [3.05, 3.63) is 23.8 Å². The Balaban J connectivity index is 3.00. The molecule has 0 bridgehead atoms. The summed E-state index contributed by atoms with van der Waals surface area (Å²) in [5.74, 6) is -1.36. The molecule has 5 heteroatoms. The lowest BCUT2D eigenvalue weighted by Gasteiger charge is -2.04. The maximum Gasteiger partial charge on any atom is 0.337 e. The van der Waals surface area contributed by atoms with Gasteiger partial charge < -0.3 is 15.6 Å². The molecular weight excluding hydrogens is 186 g/mol. The number of carbonyl (C=O) groups is 2. The summed E-state index contributed by atoms with van der Waals surface area (Å²) in [6.07, 6.45) is 0. The maximum atomic E-state index is 10.6. The molecule has 0 atom stereocenters. The van der Waals surface area contributed by atoms with Gasteiger partial charge in [-0.25, -0.2) is 4.79 Å². The zero-order valence-electron chi connectivity index (χ0n) is 7.48. The molecule has 0 saturated carbocycles. The third kappa shape index (κ3) is 2.22. The Labute approximate surface area is 80.1 Å². The average Bonchev–Trinajstić information content (AvgIpc) is 2.01. The van der Waals surface area contributed by atoms with Crippen LogP contribution in [0.2, 0.25) is 0 Å². The molecule has 5 nitrogen and oxygen atoms in total. The lowest BCUT2D eigenvalue weighted by Crippen LogP contribution is -2.05. The van der Waals surface area contributed by atoms with Crippen molar-refractivity contribution in [1.82, 2.24) is 0 Å². The second-order valence-corrected chi connectivity index (χ2v) is 2.65. The highest BCUT2D eigenvalue weighted by atomic mass is 16.5. The van der Waals surface area contributed by atoms with Crippen molar-refractivity contribution in [3.63, 3.8) is 0 Å². The normalized spacial score (nSPS) is 9.50. The molecule has 0 aromatic heterocycles. The van der Waals surface area contributed by atoms with Crippen LogP contribution in [-0.4, -0.2) is 17.0 Å². The van der Waals surface area contributed by atoms with Crippen molar-refractivity contribution in [2.24, 2.45) is 0 Å². The summed E-state index contributed by atoms with van der Waals surface area (Å²) in [4.78, 5) is 21.1. The van der Waals surface area contributed by atoms with Crippen molar-refractivity contribution in [2.75, 3.05) is 5.73 Å². The lowest BCUT2D eigenvalue weighted by atomic mass is 10.2. The fourth-order valence-electron chi connectivity index (χ4n) is 0.965. The molecule has 0 aliphatic rings. The fourth-order valence-corrected chi connectivity index (χ4v) is 0.965. The van der Waals surface area contributed by atoms with Gasteiger partial charge in [-0.3, -0.25) is 4.79 Å². The summed E-state index contributed by atoms with van der Waals surface area (Å²) >= 11 is 0. The summed E-state index contributed by atoms with van der Waals surface area (Å²) in [6, 6.07) is 3.96. The number of nitrogen functional groups attached to an aromatic ring is 1. The Bertz CT molecular complexity index is 386. The number of hydrogen-bond acceptors (Lipinski definition) is 4. The van der Waals surface area contributed by atoms with Gasteiger partial charge in [-0.2, -0.15) is 0 Å². The summed E-state index contributed by atoms with van der Waals surface area (Å²) < 4.78 is 4.72. The number of carboxylic acid groups (broad SMARTS) is 1. The van der Waals surface area contributed by atoms with E-state index in [0.717, 1.165) is 0 Å². The molecular formula is C9H9NO4. The second kappa shape index (κ2) is 3.78. The zero-order chi connectivity index (χ0) is 10.7. The van der Waals surface area contributed by atoms with Crippen LogP contribution in [0.25, 0.3) is 0 Å². The molecule has 0 fully saturated rings. The SMILES string of the molecule is CC(=O)Oc1ccc(C(=O)O)c(N)c1. The third-order valence-corrected chi connectivity index (χ3v) is 1.52. The Hall–Kier alpha value is -2.04. The van der Waals surface area contributed by atoms with Crippen molar-refractivity contribution in [3.8, 4) is 5.75 Å². The van der Waals surface area contributed by atoms with Gasteiger partial charge in [-0.05, 0) is 12.1 Å². The minimum absolute atomic E-state index is 0.0131. The second-order valence-electron chi connectivity index (χ2n) is 2.65. The molecule has 1 rings (SSSR count). The number of benzene rings is 1. The molecule has 1 aromatic carbocycles. The number of nitrogens with two attached hydrogens (primary N) is 1. The molecule has 0 heterocycles. The fraction of sp³-hybridized carbons (Fsp3) is 0.111. The number of rotatable bonds is 2. The van der Waals surface area contributed by atoms with E-state index in [4.69, 9.17) is 15.6 Å². The third-order valence-electron chi connectivity index (χ3n) is 1.52. The van der Waals surface area contributed by atoms with E-state index in [1.807, 2.05) is 0 Å². The van der Waals surface area contributed by atoms with Gasteiger partial charge in [0.15, 0.2) is 0 Å². The summed E-state index contributed by atoms with van der Waals surface area (Å²) in [5.41, 5.74) is 5.48. The predicted molar refractivity (Wildman–Crippen MR) is 49.1 cm³/mol. The van der Waals surface area contributed by atoms with Crippen LogP contribution in [0.4, 0.5) is 5.69 Å². The zero-order valence-corrected chi connectivity index (χ0v) is 7.48. The van der Waals surface area contributed by atoms with Crippen molar-refractivity contribution < 1.29 is 19.4 Å². The van der Waals surface area contributed by atoms with Crippen molar-refractivity contribution in [2.45, 2.75) is 6.92 Å². The standard InChI is InChI=1S/C9H9NO4/c1-5(11)14-6-2-3-7(9(12)13)8(10)4-6/h2-4H,10H2,1H3,(H,12,13). The Morgan fingerprint density at radius 2 is 2.07 bits per heavy atom. The number of aromatic carboxylic acids is 1. The molecule has 14 heavy (non-hydrogen) atoms. The van der Waals surface area contributed by atoms with Crippen LogP contribution in [0.3, 0.4) is 0 Å². The van der Waals surface area contributed by atoms with Crippen LogP contribution in [0, 0.1) is 0 Å². The van der Waals surface area contributed by atoms with Gasteiger partial charge in [-0.15, -0.1) is 0 Å². The van der Waals surface area contributed by atoms with Gasteiger partial charge in [0.25, 0.3) is 0 Å². The topological polar surface area (TPSA) is 89.6 Å². The number of carboxylic acids is 1. The number of hydrogen-bond donors (Lipinski definition) is 2. The van der Waals surface area contributed by atoms with Crippen LogP contribution in [0.1, 0.15) is 17.3 Å². The van der Waals surface area contributed by atoms with Gasteiger partial charge in [0, 0.05) is 18.7 Å².